The van der Waals surface area contributed by atoms with E-state index in [1.807, 2.05) is 0 Å². The van der Waals surface area contributed by atoms with Gasteiger partial charge in [-0.3, -0.25) is 0 Å². The predicted molar refractivity (Wildman–Crippen MR) is 64.9 cm³/mol. The van der Waals surface area contributed by atoms with Crippen LogP contribution in [0.4, 0.5) is 0 Å². The van der Waals surface area contributed by atoms with Gasteiger partial charge < -0.3 is 10.2 Å². The Bertz CT molecular complexity index is 505. The molecular formula is C11H15NO5S. The summed E-state index contributed by atoms with van der Waals surface area (Å²) in [6.07, 6.45) is 0.461. The Morgan fingerprint density at radius 3 is 2.28 bits per heavy atom. The lowest BCUT2D eigenvalue weighted by atomic mass is 10.2. The van der Waals surface area contributed by atoms with E-state index >= 15 is 0 Å². The van der Waals surface area contributed by atoms with Crippen molar-refractivity contribution in [3.63, 3.8) is 0 Å². The number of nitrogens with one attached hydrogen (secondary N) is 1. The Balaban J connectivity index is 2.95. The molecule has 7 heteroatoms. The molecule has 0 aliphatic rings. The van der Waals surface area contributed by atoms with Gasteiger partial charge in [-0.25, -0.2) is 17.9 Å². The van der Waals surface area contributed by atoms with E-state index in [1.54, 1.807) is 6.92 Å². The van der Waals surface area contributed by atoms with Gasteiger partial charge >= 0.3 is 5.97 Å². The summed E-state index contributed by atoms with van der Waals surface area (Å²) in [5, 5.41) is 17.7. The molecule has 0 saturated heterocycles. The minimum absolute atomic E-state index is 0.0168. The molecular weight excluding hydrogens is 258 g/mol. The number of benzene rings is 1. The van der Waals surface area contributed by atoms with Crippen LogP contribution < -0.4 is 4.72 Å². The Labute approximate surface area is 105 Å². The molecule has 6 nitrogen and oxygen atoms in total. The Morgan fingerprint density at radius 1 is 1.33 bits per heavy atom. The van der Waals surface area contributed by atoms with Gasteiger partial charge in [0.15, 0.2) is 0 Å². The van der Waals surface area contributed by atoms with Crippen molar-refractivity contribution in [2.24, 2.45) is 0 Å². The van der Waals surface area contributed by atoms with Crippen LogP contribution in [0.1, 0.15) is 23.7 Å². The van der Waals surface area contributed by atoms with Crippen LogP contribution in [-0.2, 0) is 10.0 Å². The fraction of sp³-hybridized carbons (Fsp3) is 0.364. The third-order valence-electron chi connectivity index (χ3n) is 2.45. The molecule has 18 heavy (non-hydrogen) atoms. The van der Waals surface area contributed by atoms with Crippen molar-refractivity contribution in [3.05, 3.63) is 29.8 Å². The van der Waals surface area contributed by atoms with E-state index in [-0.39, 0.29) is 17.1 Å². The molecule has 0 fully saturated rings. The number of carbonyl (C=O) groups is 1. The maximum atomic E-state index is 11.9. The van der Waals surface area contributed by atoms with Gasteiger partial charge in [-0.15, -0.1) is 0 Å². The highest BCUT2D eigenvalue weighted by atomic mass is 32.2. The number of rotatable bonds is 6. The van der Waals surface area contributed by atoms with Gasteiger partial charge in [-0.1, -0.05) is 6.92 Å². The van der Waals surface area contributed by atoms with Crippen LogP contribution >= 0.6 is 0 Å². The van der Waals surface area contributed by atoms with E-state index in [0.29, 0.717) is 6.42 Å². The molecule has 1 rings (SSSR count). The third kappa shape index (κ3) is 3.52. The molecule has 100 valence electrons. The molecule has 0 radical (unpaired) electrons. The summed E-state index contributed by atoms with van der Waals surface area (Å²) in [6, 6.07) is 4.33. The molecule has 0 bridgehead atoms. The Hall–Kier alpha value is -1.44. The topological polar surface area (TPSA) is 104 Å². The first-order valence-corrected chi connectivity index (χ1v) is 6.85. The van der Waals surface area contributed by atoms with Crippen molar-refractivity contribution in [3.8, 4) is 0 Å². The van der Waals surface area contributed by atoms with E-state index in [0.717, 1.165) is 0 Å². The molecule has 0 unspecified atom stereocenters. The first-order valence-electron chi connectivity index (χ1n) is 5.37. The summed E-state index contributed by atoms with van der Waals surface area (Å²) in [7, 11) is -3.73. The maximum absolute atomic E-state index is 11.9. The zero-order chi connectivity index (χ0) is 13.8. The average molecular weight is 273 g/mol. The SMILES string of the molecule is CC[C@@H](CO)NS(=O)(=O)c1ccc(C(=O)O)cc1. The predicted octanol–water partition coefficient (Wildman–Crippen LogP) is 0.434. The lowest BCUT2D eigenvalue weighted by Crippen LogP contribution is -2.36. The van der Waals surface area contributed by atoms with Crippen molar-refractivity contribution in [1.82, 2.24) is 4.72 Å². The maximum Gasteiger partial charge on any atom is 0.335 e. The van der Waals surface area contributed by atoms with Crippen molar-refractivity contribution in [2.75, 3.05) is 6.61 Å². The van der Waals surface area contributed by atoms with Crippen LogP contribution in [-0.4, -0.2) is 37.2 Å². The number of aliphatic hydroxyl groups excluding tert-OH is 1. The molecule has 0 aliphatic heterocycles. The molecule has 1 aromatic rings. The fourth-order valence-corrected chi connectivity index (χ4v) is 2.62. The van der Waals surface area contributed by atoms with Crippen molar-refractivity contribution in [1.29, 1.82) is 0 Å². The van der Waals surface area contributed by atoms with Crippen LogP contribution in [0.3, 0.4) is 0 Å². The van der Waals surface area contributed by atoms with Crippen LogP contribution in [0.25, 0.3) is 0 Å². The monoisotopic (exact) mass is 273 g/mol. The molecule has 0 amide bonds. The van der Waals surface area contributed by atoms with E-state index in [2.05, 4.69) is 4.72 Å². The average Bonchev–Trinajstić information content (AvgIpc) is 2.36. The minimum Gasteiger partial charge on any atom is -0.478 e. The summed E-state index contributed by atoms with van der Waals surface area (Å²) in [6.45, 7) is 1.46. The highest BCUT2D eigenvalue weighted by Gasteiger charge is 2.18. The zero-order valence-electron chi connectivity index (χ0n) is 9.83. The first-order chi connectivity index (χ1) is 8.40. The Morgan fingerprint density at radius 2 is 1.89 bits per heavy atom. The van der Waals surface area contributed by atoms with Crippen LogP contribution in [0.2, 0.25) is 0 Å². The summed E-state index contributed by atoms with van der Waals surface area (Å²) in [4.78, 5) is 10.6. The first kappa shape index (κ1) is 14.6. The number of hydrogen-bond donors (Lipinski definition) is 3. The number of hydrogen-bond acceptors (Lipinski definition) is 4. The van der Waals surface area contributed by atoms with Gasteiger partial charge in [0.1, 0.15) is 0 Å². The van der Waals surface area contributed by atoms with E-state index < -0.39 is 22.0 Å². The van der Waals surface area contributed by atoms with Crippen LogP contribution in [0.5, 0.6) is 0 Å². The van der Waals surface area contributed by atoms with Gasteiger partial charge in [-0.05, 0) is 30.7 Å². The second-order valence-corrected chi connectivity index (χ2v) is 5.45. The van der Waals surface area contributed by atoms with Crippen molar-refractivity contribution >= 4 is 16.0 Å². The summed E-state index contributed by atoms with van der Waals surface area (Å²) in [5.74, 6) is -1.12. The van der Waals surface area contributed by atoms with E-state index in [4.69, 9.17) is 10.2 Å². The number of carboxylic acid groups (broad SMARTS) is 1. The second kappa shape index (κ2) is 5.94. The molecule has 1 aromatic carbocycles. The molecule has 3 N–H and O–H groups in total. The van der Waals surface area contributed by atoms with Crippen LogP contribution in [0.15, 0.2) is 29.2 Å². The van der Waals surface area contributed by atoms with E-state index in [1.165, 1.54) is 24.3 Å². The molecule has 0 aliphatic carbocycles. The van der Waals surface area contributed by atoms with Gasteiger partial charge in [0.2, 0.25) is 10.0 Å². The molecule has 0 aromatic heterocycles. The number of aromatic carboxylic acids is 1. The molecule has 1 atom stereocenters. The van der Waals surface area contributed by atoms with Crippen molar-refractivity contribution in [2.45, 2.75) is 24.3 Å². The van der Waals surface area contributed by atoms with Gasteiger partial charge in [-0.2, -0.15) is 0 Å². The lowest BCUT2D eigenvalue weighted by molar-refractivity contribution is 0.0696. The fourth-order valence-electron chi connectivity index (χ4n) is 1.31. The van der Waals surface area contributed by atoms with Crippen LogP contribution in [0, 0.1) is 0 Å². The van der Waals surface area contributed by atoms with Gasteiger partial charge in [0, 0.05) is 6.04 Å². The minimum atomic E-state index is -3.73. The highest BCUT2D eigenvalue weighted by molar-refractivity contribution is 7.89. The summed E-state index contributed by atoms with van der Waals surface area (Å²) < 4.78 is 26.1. The largest absolute Gasteiger partial charge is 0.478 e. The molecule has 0 spiro atoms. The van der Waals surface area contributed by atoms with Gasteiger partial charge in [0.05, 0.1) is 17.1 Å². The zero-order valence-corrected chi connectivity index (χ0v) is 10.6. The number of carboxylic acids is 1. The normalized spacial score (nSPS) is 13.2. The highest BCUT2D eigenvalue weighted by Crippen LogP contribution is 2.11. The summed E-state index contributed by atoms with van der Waals surface area (Å²) in [5.41, 5.74) is 0.0168. The lowest BCUT2D eigenvalue weighted by Gasteiger charge is -2.14. The third-order valence-corrected chi connectivity index (χ3v) is 3.98. The molecule has 0 saturated carbocycles. The van der Waals surface area contributed by atoms with Crippen molar-refractivity contribution < 1.29 is 23.4 Å². The number of sulfonamides is 1. The smallest absolute Gasteiger partial charge is 0.335 e. The van der Waals surface area contributed by atoms with Gasteiger partial charge in [0.25, 0.3) is 0 Å². The Kier molecular flexibility index (Phi) is 4.83. The second-order valence-electron chi connectivity index (χ2n) is 3.74. The van der Waals surface area contributed by atoms with E-state index in [9.17, 15) is 13.2 Å². The summed E-state index contributed by atoms with van der Waals surface area (Å²) >= 11 is 0. The quantitative estimate of drug-likeness (QED) is 0.697. The number of aliphatic hydroxyl groups is 1. The molecule has 0 heterocycles. The standard InChI is InChI=1S/C11H15NO5S/c1-2-9(7-13)12-18(16,17)10-5-3-8(4-6-10)11(14)15/h3-6,9,12-13H,2,7H2,1H3,(H,14,15)/t9-/m0/s1.